The third-order valence-corrected chi connectivity index (χ3v) is 2.12. The van der Waals surface area contributed by atoms with Gasteiger partial charge < -0.3 is 10.7 Å². The third kappa shape index (κ3) is 1.74. The van der Waals surface area contributed by atoms with Gasteiger partial charge in [-0.1, -0.05) is 30.3 Å². The standard InChI is InChI=1S/C11H11N3O/c1-7-13-9(10(14-7)11(12)15)8-5-3-2-4-6-8/h2-6H,1H3,(H2,12,15)(H,13,14). The molecule has 0 aliphatic heterocycles. The van der Waals surface area contributed by atoms with Crippen molar-refractivity contribution in [3.8, 4) is 11.3 Å². The first kappa shape index (κ1) is 9.45. The maximum absolute atomic E-state index is 11.2. The fourth-order valence-electron chi connectivity index (χ4n) is 1.47. The molecule has 0 saturated heterocycles. The lowest BCUT2D eigenvalue weighted by Gasteiger charge is -1.97. The predicted octanol–water partition coefficient (Wildman–Crippen LogP) is 1.48. The minimum Gasteiger partial charge on any atom is -0.364 e. The molecule has 4 heteroatoms. The number of aromatic amines is 1. The Kier molecular flexibility index (Phi) is 2.25. The van der Waals surface area contributed by atoms with Gasteiger partial charge in [0.25, 0.3) is 5.91 Å². The predicted molar refractivity (Wildman–Crippen MR) is 57.3 cm³/mol. The largest absolute Gasteiger partial charge is 0.364 e. The van der Waals surface area contributed by atoms with E-state index in [0.717, 1.165) is 5.56 Å². The molecule has 0 bridgehead atoms. The van der Waals surface area contributed by atoms with Crippen molar-refractivity contribution >= 4 is 5.91 Å². The molecule has 2 aromatic rings. The number of imidazole rings is 1. The molecule has 0 saturated carbocycles. The Morgan fingerprint density at radius 1 is 1.33 bits per heavy atom. The Balaban J connectivity index is 2.58. The van der Waals surface area contributed by atoms with Crippen molar-refractivity contribution in [1.82, 2.24) is 9.97 Å². The number of amides is 1. The van der Waals surface area contributed by atoms with Crippen molar-refractivity contribution in [3.05, 3.63) is 41.9 Å². The summed E-state index contributed by atoms with van der Waals surface area (Å²) < 4.78 is 0. The van der Waals surface area contributed by atoms with Crippen LogP contribution in [0.3, 0.4) is 0 Å². The van der Waals surface area contributed by atoms with Gasteiger partial charge in [0.15, 0.2) is 0 Å². The second-order valence-electron chi connectivity index (χ2n) is 3.28. The first-order valence-electron chi connectivity index (χ1n) is 4.60. The van der Waals surface area contributed by atoms with Crippen molar-refractivity contribution < 1.29 is 4.79 Å². The van der Waals surface area contributed by atoms with Crippen LogP contribution in [0, 0.1) is 6.92 Å². The van der Waals surface area contributed by atoms with Crippen LogP contribution < -0.4 is 5.73 Å². The summed E-state index contributed by atoms with van der Waals surface area (Å²) in [5.41, 5.74) is 7.11. The van der Waals surface area contributed by atoms with Crippen LogP contribution in [0.5, 0.6) is 0 Å². The van der Waals surface area contributed by atoms with E-state index in [1.807, 2.05) is 30.3 Å². The number of carbonyl (C=O) groups excluding carboxylic acids is 1. The molecular weight excluding hydrogens is 190 g/mol. The molecule has 2 rings (SSSR count). The van der Waals surface area contributed by atoms with E-state index in [9.17, 15) is 4.79 Å². The molecule has 1 aromatic carbocycles. The van der Waals surface area contributed by atoms with Gasteiger partial charge in [-0.05, 0) is 6.92 Å². The molecule has 0 spiro atoms. The van der Waals surface area contributed by atoms with E-state index in [-0.39, 0.29) is 0 Å². The fraction of sp³-hybridized carbons (Fsp3) is 0.0909. The number of nitrogens with two attached hydrogens (primary N) is 1. The number of benzene rings is 1. The Bertz CT molecular complexity index is 488. The third-order valence-electron chi connectivity index (χ3n) is 2.12. The van der Waals surface area contributed by atoms with Crippen LogP contribution in [0.2, 0.25) is 0 Å². The summed E-state index contributed by atoms with van der Waals surface area (Å²) in [6.07, 6.45) is 0. The van der Waals surface area contributed by atoms with E-state index in [4.69, 9.17) is 5.73 Å². The van der Waals surface area contributed by atoms with E-state index < -0.39 is 5.91 Å². The number of hydrogen-bond donors (Lipinski definition) is 2. The minimum atomic E-state index is -0.491. The molecule has 3 N–H and O–H groups in total. The highest BCUT2D eigenvalue weighted by Gasteiger charge is 2.14. The first-order chi connectivity index (χ1) is 7.18. The number of carbonyl (C=O) groups is 1. The molecule has 15 heavy (non-hydrogen) atoms. The number of nitrogens with one attached hydrogen (secondary N) is 1. The van der Waals surface area contributed by atoms with E-state index in [1.165, 1.54) is 0 Å². The molecule has 1 amide bonds. The second kappa shape index (κ2) is 3.57. The van der Waals surface area contributed by atoms with E-state index in [0.29, 0.717) is 17.2 Å². The zero-order chi connectivity index (χ0) is 10.8. The highest BCUT2D eigenvalue weighted by Crippen LogP contribution is 2.20. The van der Waals surface area contributed by atoms with E-state index >= 15 is 0 Å². The maximum atomic E-state index is 11.2. The summed E-state index contributed by atoms with van der Waals surface area (Å²) in [7, 11) is 0. The number of nitrogens with zero attached hydrogens (tertiary/aromatic N) is 1. The van der Waals surface area contributed by atoms with Crippen LogP contribution in [0.1, 0.15) is 16.3 Å². The van der Waals surface area contributed by atoms with Crippen LogP contribution in [0.15, 0.2) is 30.3 Å². The molecule has 0 fully saturated rings. The lowest BCUT2D eigenvalue weighted by Crippen LogP contribution is -2.12. The summed E-state index contributed by atoms with van der Waals surface area (Å²) in [5, 5.41) is 0. The number of rotatable bonds is 2. The van der Waals surface area contributed by atoms with E-state index in [1.54, 1.807) is 6.92 Å². The van der Waals surface area contributed by atoms with Crippen molar-refractivity contribution in [2.24, 2.45) is 5.73 Å². The molecule has 4 nitrogen and oxygen atoms in total. The van der Waals surface area contributed by atoms with Gasteiger partial charge >= 0.3 is 0 Å². The molecule has 0 radical (unpaired) electrons. The average Bonchev–Trinajstić information content (AvgIpc) is 2.62. The molecule has 1 heterocycles. The van der Waals surface area contributed by atoms with Crippen LogP contribution in [0.4, 0.5) is 0 Å². The van der Waals surface area contributed by atoms with Gasteiger partial charge in [0.1, 0.15) is 17.2 Å². The summed E-state index contributed by atoms with van der Waals surface area (Å²) in [6, 6.07) is 9.48. The molecular formula is C11H11N3O. The monoisotopic (exact) mass is 201 g/mol. The molecule has 0 aliphatic carbocycles. The highest BCUT2D eigenvalue weighted by molar-refractivity contribution is 5.97. The molecule has 0 aliphatic rings. The van der Waals surface area contributed by atoms with Crippen molar-refractivity contribution in [1.29, 1.82) is 0 Å². The Labute approximate surface area is 87.1 Å². The zero-order valence-electron chi connectivity index (χ0n) is 8.32. The van der Waals surface area contributed by atoms with Gasteiger partial charge in [-0.3, -0.25) is 4.79 Å². The Morgan fingerprint density at radius 2 is 2.00 bits per heavy atom. The molecule has 1 aromatic heterocycles. The zero-order valence-corrected chi connectivity index (χ0v) is 8.32. The van der Waals surface area contributed by atoms with Gasteiger partial charge in [0.05, 0.1) is 0 Å². The normalized spacial score (nSPS) is 10.2. The minimum absolute atomic E-state index is 0.360. The number of aryl methyl sites for hydroxylation is 1. The Morgan fingerprint density at radius 3 is 2.60 bits per heavy atom. The van der Waals surface area contributed by atoms with Crippen LogP contribution in [-0.2, 0) is 0 Å². The van der Waals surface area contributed by atoms with Crippen LogP contribution in [-0.4, -0.2) is 15.9 Å². The molecule has 0 atom stereocenters. The van der Waals surface area contributed by atoms with Crippen molar-refractivity contribution in [2.75, 3.05) is 0 Å². The lowest BCUT2D eigenvalue weighted by molar-refractivity contribution is 0.0996. The number of primary amides is 1. The summed E-state index contributed by atoms with van der Waals surface area (Å²) in [6.45, 7) is 1.79. The highest BCUT2D eigenvalue weighted by atomic mass is 16.1. The second-order valence-corrected chi connectivity index (χ2v) is 3.28. The smallest absolute Gasteiger partial charge is 0.267 e. The van der Waals surface area contributed by atoms with Gasteiger partial charge in [-0.25, -0.2) is 4.98 Å². The summed E-state index contributed by atoms with van der Waals surface area (Å²) in [5.74, 6) is 0.192. The van der Waals surface area contributed by atoms with E-state index in [2.05, 4.69) is 9.97 Å². The number of hydrogen-bond acceptors (Lipinski definition) is 2. The van der Waals surface area contributed by atoms with Gasteiger partial charge in [0.2, 0.25) is 0 Å². The first-order valence-corrected chi connectivity index (χ1v) is 4.60. The Hall–Kier alpha value is -2.10. The average molecular weight is 201 g/mol. The van der Waals surface area contributed by atoms with Gasteiger partial charge in [0, 0.05) is 5.56 Å². The molecule has 76 valence electrons. The number of H-pyrrole nitrogens is 1. The summed E-state index contributed by atoms with van der Waals surface area (Å²) >= 11 is 0. The topological polar surface area (TPSA) is 71.8 Å². The van der Waals surface area contributed by atoms with Crippen LogP contribution >= 0.6 is 0 Å². The van der Waals surface area contributed by atoms with Crippen molar-refractivity contribution in [3.63, 3.8) is 0 Å². The van der Waals surface area contributed by atoms with Gasteiger partial charge in [-0.2, -0.15) is 0 Å². The fourth-order valence-corrected chi connectivity index (χ4v) is 1.47. The van der Waals surface area contributed by atoms with Crippen LogP contribution in [0.25, 0.3) is 11.3 Å². The van der Waals surface area contributed by atoms with Crippen molar-refractivity contribution in [2.45, 2.75) is 6.92 Å². The lowest BCUT2D eigenvalue weighted by atomic mass is 10.1. The van der Waals surface area contributed by atoms with Gasteiger partial charge in [-0.15, -0.1) is 0 Å². The summed E-state index contributed by atoms with van der Waals surface area (Å²) in [4.78, 5) is 18.3. The molecule has 0 unspecified atom stereocenters. The quantitative estimate of drug-likeness (QED) is 0.772. The number of aromatic nitrogens is 2. The SMILES string of the molecule is Cc1nc(-c2ccccc2)c(C(N)=O)[nH]1. The maximum Gasteiger partial charge on any atom is 0.267 e.